The van der Waals surface area contributed by atoms with Crippen LogP contribution in [0.3, 0.4) is 0 Å². The number of hydrogen-bond donors (Lipinski definition) is 1. The Bertz CT molecular complexity index is 164. The molecule has 0 radical (unpaired) electrons. The second-order valence-electron chi connectivity index (χ2n) is 3.87. The van der Waals surface area contributed by atoms with Gasteiger partial charge in [-0.3, -0.25) is 4.21 Å². The normalized spacial score (nSPS) is 17.7. The van der Waals surface area contributed by atoms with E-state index in [1.807, 2.05) is 0 Å². The maximum Gasteiger partial charge on any atom is 0.0672 e. The quantitative estimate of drug-likeness (QED) is 0.503. The molecule has 0 saturated heterocycles. The molecule has 0 heterocycles. The molecule has 4 heteroatoms. The first-order chi connectivity index (χ1) is 6.57. The number of rotatable bonds is 8. The van der Waals surface area contributed by atoms with Crippen LogP contribution < -0.4 is 5.32 Å². The SMILES string of the molecule is CCC(C)CCCCNC(C)S(=O)[O-]. The smallest absolute Gasteiger partial charge is 0.0672 e. The zero-order chi connectivity index (χ0) is 11.0. The van der Waals surface area contributed by atoms with E-state index in [4.69, 9.17) is 0 Å². The summed E-state index contributed by atoms with van der Waals surface area (Å²) in [5.74, 6) is 0.793. The fourth-order valence-electron chi connectivity index (χ4n) is 1.20. The molecule has 0 bridgehead atoms. The molecule has 0 fully saturated rings. The molecule has 0 amide bonds. The summed E-state index contributed by atoms with van der Waals surface area (Å²) < 4.78 is 20.9. The highest BCUT2D eigenvalue weighted by molar-refractivity contribution is 7.79. The second kappa shape index (κ2) is 8.38. The topological polar surface area (TPSA) is 52.2 Å². The van der Waals surface area contributed by atoms with Crippen molar-refractivity contribution in [1.82, 2.24) is 5.32 Å². The zero-order valence-corrected chi connectivity index (χ0v) is 10.2. The fourth-order valence-corrected chi connectivity index (χ4v) is 1.45. The number of unbranched alkanes of at least 4 members (excludes halogenated alkanes) is 1. The highest BCUT2D eigenvalue weighted by Gasteiger charge is 2.01. The van der Waals surface area contributed by atoms with Gasteiger partial charge in [-0.1, -0.05) is 33.1 Å². The highest BCUT2D eigenvalue weighted by atomic mass is 32.2. The predicted molar refractivity (Wildman–Crippen MR) is 59.7 cm³/mol. The summed E-state index contributed by atoms with van der Waals surface area (Å²) in [6, 6.07) is 0. The van der Waals surface area contributed by atoms with Gasteiger partial charge in [-0.25, -0.2) is 0 Å². The summed E-state index contributed by atoms with van der Waals surface area (Å²) in [7, 11) is 0. The Morgan fingerprint density at radius 3 is 2.50 bits per heavy atom. The van der Waals surface area contributed by atoms with Gasteiger partial charge in [0.25, 0.3) is 0 Å². The Kier molecular flexibility index (Phi) is 8.43. The van der Waals surface area contributed by atoms with Crippen LogP contribution in [0.25, 0.3) is 0 Å². The minimum atomic E-state index is -1.99. The number of hydrogen-bond acceptors (Lipinski definition) is 3. The van der Waals surface area contributed by atoms with Crippen LogP contribution in [0.2, 0.25) is 0 Å². The molecule has 0 aliphatic heterocycles. The van der Waals surface area contributed by atoms with Crippen molar-refractivity contribution in [2.24, 2.45) is 5.92 Å². The van der Waals surface area contributed by atoms with Crippen LogP contribution in [0, 0.1) is 5.92 Å². The van der Waals surface area contributed by atoms with Crippen LogP contribution in [0.15, 0.2) is 0 Å². The molecule has 14 heavy (non-hydrogen) atoms. The van der Waals surface area contributed by atoms with Crippen LogP contribution in [-0.2, 0) is 11.1 Å². The maximum absolute atomic E-state index is 10.5. The van der Waals surface area contributed by atoms with Gasteiger partial charge in [0.15, 0.2) is 0 Å². The lowest BCUT2D eigenvalue weighted by Crippen LogP contribution is -2.30. The van der Waals surface area contributed by atoms with Gasteiger partial charge >= 0.3 is 0 Å². The maximum atomic E-state index is 10.5. The van der Waals surface area contributed by atoms with Crippen molar-refractivity contribution in [3.05, 3.63) is 0 Å². The molecule has 0 aromatic carbocycles. The Morgan fingerprint density at radius 1 is 1.36 bits per heavy atom. The Labute approximate surface area is 90.0 Å². The van der Waals surface area contributed by atoms with E-state index < -0.39 is 16.5 Å². The molecule has 0 aliphatic carbocycles. The number of nitrogens with one attached hydrogen (secondary N) is 1. The Hall–Kier alpha value is 0.0700. The molecule has 0 rings (SSSR count). The van der Waals surface area contributed by atoms with Crippen LogP contribution in [0.1, 0.15) is 46.5 Å². The molecule has 0 aromatic heterocycles. The van der Waals surface area contributed by atoms with Gasteiger partial charge in [-0.05, 0) is 36.9 Å². The van der Waals surface area contributed by atoms with E-state index in [0.717, 1.165) is 18.9 Å². The summed E-state index contributed by atoms with van der Waals surface area (Å²) in [6.45, 7) is 6.91. The third kappa shape index (κ3) is 7.47. The lowest BCUT2D eigenvalue weighted by atomic mass is 10.0. The zero-order valence-electron chi connectivity index (χ0n) is 9.41. The van der Waals surface area contributed by atoms with E-state index in [9.17, 15) is 8.76 Å². The van der Waals surface area contributed by atoms with Crippen LogP contribution in [-0.4, -0.2) is 20.7 Å². The van der Waals surface area contributed by atoms with Crippen LogP contribution in [0.5, 0.6) is 0 Å². The van der Waals surface area contributed by atoms with E-state index in [0.29, 0.717) is 0 Å². The van der Waals surface area contributed by atoms with E-state index in [2.05, 4.69) is 19.2 Å². The molecule has 3 nitrogen and oxygen atoms in total. The van der Waals surface area contributed by atoms with Gasteiger partial charge in [-0.2, -0.15) is 0 Å². The van der Waals surface area contributed by atoms with Crippen LogP contribution >= 0.6 is 0 Å². The highest BCUT2D eigenvalue weighted by Crippen LogP contribution is 2.10. The minimum Gasteiger partial charge on any atom is -0.771 e. The second-order valence-corrected chi connectivity index (χ2v) is 5.09. The first-order valence-corrected chi connectivity index (χ1v) is 6.53. The van der Waals surface area contributed by atoms with Crippen molar-refractivity contribution in [1.29, 1.82) is 0 Å². The third-order valence-electron chi connectivity index (χ3n) is 2.54. The van der Waals surface area contributed by atoms with Gasteiger partial charge < -0.3 is 9.87 Å². The van der Waals surface area contributed by atoms with Gasteiger partial charge in [0.05, 0.1) is 5.37 Å². The van der Waals surface area contributed by atoms with Crippen molar-refractivity contribution in [3.8, 4) is 0 Å². The standard InChI is InChI=1S/C10H23NO2S/c1-4-9(2)7-5-6-8-11-10(3)14(12)13/h9-11H,4-8H2,1-3H3,(H,12,13)/p-1. The molecular weight excluding hydrogens is 198 g/mol. The Balaban J connectivity index is 3.25. The molecule has 86 valence electrons. The third-order valence-corrected chi connectivity index (χ3v) is 3.29. The molecule has 3 unspecified atom stereocenters. The summed E-state index contributed by atoms with van der Waals surface area (Å²) >= 11 is -1.99. The molecule has 0 aliphatic rings. The van der Waals surface area contributed by atoms with Crippen molar-refractivity contribution < 1.29 is 8.76 Å². The minimum absolute atomic E-state index is 0.418. The van der Waals surface area contributed by atoms with E-state index in [1.54, 1.807) is 6.92 Å². The van der Waals surface area contributed by atoms with Crippen molar-refractivity contribution in [2.75, 3.05) is 6.54 Å². The van der Waals surface area contributed by atoms with Crippen molar-refractivity contribution in [2.45, 2.75) is 51.8 Å². The van der Waals surface area contributed by atoms with E-state index >= 15 is 0 Å². The lowest BCUT2D eigenvalue weighted by molar-refractivity contribution is 0.468. The molecule has 1 N–H and O–H groups in total. The molecule has 3 atom stereocenters. The summed E-state index contributed by atoms with van der Waals surface area (Å²) in [5, 5.41) is 2.54. The van der Waals surface area contributed by atoms with E-state index in [1.165, 1.54) is 19.3 Å². The van der Waals surface area contributed by atoms with Gasteiger partial charge in [0.1, 0.15) is 0 Å². The first-order valence-electron chi connectivity index (χ1n) is 5.39. The van der Waals surface area contributed by atoms with Crippen molar-refractivity contribution >= 4 is 11.1 Å². The average Bonchev–Trinajstić information content (AvgIpc) is 2.16. The fraction of sp³-hybridized carbons (Fsp3) is 1.00. The summed E-state index contributed by atoms with van der Waals surface area (Å²) in [6.07, 6.45) is 4.72. The Morgan fingerprint density at radius 2 is 2.00 bits per heavy atom. The van der Waals surface area contributed by atoms with Crippen LogP contribution in [0.4, 0.5) is 0 Å². The molecular formula is C10H22NO2S-. The molecule has 0 saturated carbocycles. The predicted octanol–water partition coefficient (Wildman–Crippen LogP) is 2.02. The van der Waals surface area contributed by atoms with Gasteiger partial charge in [0.2, 0.25) is 0 Å². The van der Waals surface area contributed by atoms with Gasteiger partial charge in [-0.15, -0.1) is 0 Å². The first kappa shape index (κ1) is 14.1. The largest absolute Gasteiger partial charge is 0.771 e. The average molecular weight is 220 g/mol. The summed E-state index contributed by atoms with van der Waals surface area (Å²) in [4.78, 5) is 0. The molecule has 0 aromatic rings. The van der Waals surface area contributed by atoms with E-state index in [-0.39, 0.29) is 0 Å². The van der Waals surface area contributed by atoms with Gasteiger partial charge in [0, 0.05) is 0 Å². The molecule has 0 spiro atoms. The summed E-state index contributed by atoms with van der Waals surface area (Å²) in [5.41, 5.74) is 0. The monoisotopic (exact) mass is 220 g/mol. The lowest BCUT2D eigenvalue weighted by Gasteiger charge is -2.16. The van der Waals surface area contributed by atoms with Crippen molar-refractivity contribution in [3.63, 3.8) is 0 Å².